The molecule has 1 aromatic carbocycles. The Kier molecular flexibility index (Phi) is 8.00. The molecule has 0 saturated heterocycles. The first kappa shape index (κ1) is 20.6. The van der Waals surface area contributed by atoms with Crippen LogP contribution < -0.4 is 10.6 Å². The highest BCUT2D eigenvalue weighted by molar-refractivity contribution is 7.11. The third-order valence-corrected chi connectivity index (χ3v) is 4.93. The fourth-order valence-electron chi connectivity index (χ4n) is 2.51. The molecular formula is C20H25N3O3S. The minimum absolute atomic E-state index is 0.0857. The maximum Gasteiger partial charge on any atom is 0.242 e. The van der Waals surface area contributed by atoms with Gasteiger partial charge in [0, 0.05) is 23.2 Å². The fourth-order valence-corrected chi connectivity index (χ4v) is 3.42. The molecule has 7 heteroatoms. The Balaban J connectivity index is 1.93. The van der Waals surface area contributed by atoms with E-state index >= 15 is 0 Å². The van der Waals surface area contributed by atoms with E-state index in [1.165, 1.54) is 11.8 Å². The molecule has 1 heterocycles. The van der Waals surface area contributed by atoms with Gasteiger partial charge in [0.25, 0.3) is 0 Å². The van der Waals surface area contributed by atoms with Gasteiger partial charge in [-0.2, -0.15) is 0 Å². The molecule has 0 aliphatic carbocycles. The van der Waals surface area contributed by atoms with Crippen LogP contribution >= 0.6 is 11.3 Å². The van der Waals surface area contributed by atoms with Crippen LogP contribution in [0.1, 0.15) is 22.2 Å². The number of carbonyl (C=O) groups excluding carboxylic acids is 3. The number of aryl methyl sites for hydroxylation is 1. The van der Waals surface area contributed by atoms with Crippen molar-refractivity contribution < 1.29 is 14.4 Å². The quantitative estimate of drug-likeness (QED) is 0.690. The van der Waals surface area contributed by atoms with Gasteiger partial charge >= 0.3 is 0 Å². The van der Waals surface area contributed by atoms with Crippen molar-refractivity contribution >= 4 is 29.1 Å². The van der Waals surface area contributed by atoms with Crippen LogP contribution in [0, 0.1) is 6.92 Å². The van der Waals surface area contributed by atoms with Crippen molar-refractivity contribution in [2.24, 2.45) is 0 Å². The number of hydrogen-bond acceptors (Lipinski definition) is 4. The minimum atomic E-state index is -0.381. The average molecular weight is 388 g/mol. The molecule has 2 N–H and O–H groups in total. The molecule has 0 spiro atoms. The van der Waals surface area contributed by atoms with Crippen molar-refractivity contribution in [3.05, 3.63) is 57.8 Å². The van der Waals surface area contributed by atoms with E-state index < -0.39 is 0 Å². The largest absolute Gasteiger partial charge is 0.347 e. The van der Waals surface area contributed by atoms with Gasteiger partial charge in [-0.05, 0) is 31.0 Å². The normalized spacial score (nSPS) is 10.3. The summed E-state index contributed by atoms with van der Waals surface area (Å²) in [5, 5.41) is 4.98. The van der Waals surface area contributed by atoms with Crippen molar-refractivity contribution in [2.45, 2.75) is 26.8 Å². The summed E-state index contributed by atoms with van der Waals surface area (Å²) in [5.41, 5.74) is 1.16. The SMILES string of the molecule is CC(=O)NCC(=O)NCC(=O)N(CCc1ccccc1)Cc1ccc(C)s1. The van der Waals surface area contributed by atoms with E-state index in [1.54, 1.807) is 16.2 Å². The molecule has 0 bridgehead atoms. The topological polar surface area (TPSA) is 78.5 Å². The lowest BCUT2D eigenvalue weighted by Gasteiger charge is -2.22. The molecule has 2 aromatic rings. The Morgan fingerprint density at radius 1 is 1.00 bits per heavy atom. The third-order valence-electron chi connectivity index (χ3n) is 3.94. The number of carbonyl (C=O) groups is 3. The van der Waals surface area contributed by atoms with Gasteiger partial charge in [0.15, 0.2) is 0 Å². The van der Waals surface area contributed by atoms with Crippen molar-refractivity contribution in [1.82, 2.24) is 15.5 Å². The van der Waals surface area contributed by atoms with Crippen LogP contribution in [0.5, 0.6) is 0 Å². The number of amides is 3. The number of benzene rings is 1. The van der Waals surface area contributed by atoms with E-state index in [1.807, 2.05) is 49.4 Å². The van der Waals surface area contributed by atoms with Gasteiger partial charge < -0.3 is 15.5 Å². The number of nitrogens with one attached hydrogen (secondary N) is 2. The Bertz CT molecular complexity index is 774. The molecule has 144 valence electrons. The second kappa shape index (κ2) is 10.5. The van der Waals surface area contributed by atoms with Crippen LogP contribution in [-0.2, 0) is 27.3 Å². The first-order valence-corrected chi connectivity index (χ1v) is 9.64. The molecule has 0 radical (unpaired) electrons. The van der Waals surface area contributed by atoms with Gasteiger partial charge in [0.05, 0.1) is 19.6 Å². The highest BCUT2D eigenvalue weighted by Crippen LogP contribution is 2.17. The second-order valence-electron chi connectivity index (χ2n) is 6.25. The van der Waals surface area contributed by atoms with Gasteiger partial charge in [-0.15, -0.1) is 11.3 Å². The van der Waals surface area contributed by atoms with Gasteiger partial charge in [-0.3, -0.25) is 14.4 Å². The maximum atomic E-state index is 12.6. The minimum Gasteiger partial charge on any atom is -0.347 e. The number of hydrogen-bond donors (Lipinski definition) is 2. The summed E-state index contributed by atoms with van der Waals surface area (Å²) in [5.74, 6) is -0.810. The molecular weight excluding hydrogens is 362 g/mol. The Morgan fingerprint density at radius 3 is 2.37 bits per heavy atom. The van der Waals surface area contributed by atoms with Crippen LogP contribution in [-0.4, -0.2) is 42.3 Å². The van der Waals surface area contributed by atoms with E-state index in [9.17, 15) is 14.4 Å². The lowest BCUT2D eigenvalue weighted by molar-refractivity contribution is -0.133. The van der Waals surface area contributed by atoms with Crippen LogP contribution in [0.3, 0.4) is 0 Å². The third kappa shape index (κ3) is 7.62. The zero-order valence-corrected chi connectivity index (χ0v) is 16.5. The molecule has 0 aliphatic rings. The van der Waals surface area contributed by atoms with E-state index in [2.05, 4.69) is 10.6 Å². The standard InChI is InChI=1S/C20H25N3O3S/c1-15-8-9-18(27-15)14-23(11-10-17-6-4-3-5-7-17)20(26)13-22-19(25)12-21-16(2)24/h3-9H,10-14H2,1-2H3,(H,21,24)(H,22,25). The molecule has 27 heavy (non-hydrogen) atoms. The fraction of sp³-hybridized carbons (Fsp3) is 0.350. The highest BCUT2D eigenvalue weighted by Gasteiger charge is 2.16. The first-order chi connectivity index (χ1) is 12.9. The lowest BCUT2D eigenvalue weighted by atomic mass is 10.1. The predicted octanol–water partition coefficient (Wildman–Crippen LogP) is 1.88. The number of thiophene rings is 1. The van der Waals surface area contributed by atoms with Gasteiger partial charge in [0.2, 0.25) is 17.7 Å². The molecule has 0 aliphatic heterocycles. The zero-order valence-electron chi connectivity index (χ0n) is 15.7. The summed E-state index contributed by atoms with van der Waals surface area (Å²) in [7, 11) is 0. The molecule has 2 rings (SSSR count). The van der Waals surface area contributed by atoms with Crippen LogP contribution in [0.15, 0.2) is 42.5 Å². The van der Waals surface area contributed by atoms with Crippen LogP contribution in [0.2, 0.25) is 0 Å². The molecule has 3 amide bonds. The maximum absolute atomic E-state index is 12.6. The zero-order chi connectivity index (χ0) is 19.6. The Labute approximate surface area is 163 Å². The van der Waals surface area contributed by atoms with Crippen molar-refractivity contribution in [3.63, 3.8) is 0 Å². The molecule has 0 saturated carbocycles. The van der Waals surface area contributed by atoms with Crippen molar-refractivity contribution in [1.29, 1.82) is 0 Å². The number of rotatable bonds is 9. The van der Waals surface area contributed by atoms with Gasteiger partial charge in [0.1, 0.15) is 0 Å². The summed E-state index contributed by atoms with van der Waals surface area (Å²) in [4.78, 5) is 39.3. The molecule has 1 aromatic heterocycles. The molecule has 0 atom stereocenters. The smallest absolute Gasteiger partial charge is 0.242 e. The van der Waals surface area contributed by atoms with Gasteiger partial charge in [-0.1, -0.05) is 30.3 Å². The second-order valence-corrected chi connectivity index (χ2v) is 7.62. The Hall–Kier alpha value is -2.67. The van der Waals surface area contributed by atoms with E-state index in [4.69, 9.17) is 0 Å². The summed E-state index contributed by atoms with van der Waals surface area (Å²) in [6.45, 7) is 4.25. The summed E-state index contributed by atoms with van der Waals surface area (Å²) in [6.07, 6.45) is 0.747. The Morgan fingerprint density at radius 2 is 1.74 bits per heavy atom. The molecule has 0 unspecified atom stereocenters. The van der Waals surface area contributed by atoms with E-state index in [0.717, 1.165) is 16.9 Å². The van der Waals surface area contributed by atoms with Crippen LogP contribution in [0.4, 0.5) is 0 Å². The first-order valence-electron chi connectivity index (χ1n) is 8.82. The van der Waals surface area contributed by atoms with Crippen LogP contribution in [0.25, 0.3) is 0 Å². The molecule has 6 nitrogen and oxygen atoms in total. The average Bonchev–Trinajstić information content (AvgIpc) is 3.07. The monoisotopic (exact) mass is 387 g/mol. The number of nitrogens with zero attached hydrogens (tertiary/aromatic N) is 1. The van der Waals surface area contributed by atoms with Crippen molar-refractivity contribution in [2.75, 3.05) is 19.6 Å². The van der Waals surface area contributed by atoms with Gasteiger partial charge in [-0.25, -0.2) is 0 Å². The molecule has 0 fully saturated rings. The highest BCUT2D eigenvalue weighted by atomic mass is 32.1. The van der Waals surface area contributed by atoms with E-state index in [0.29, 0.717) is 13.1 Å². The van der Waals surface area contributed by atoms with Crippen molar-refractivity contribution in [3.8, 4) is 0 Å². The summed E-state index contributed by atoms with van der Waals surface area (Å²) >= 11 is 1.66. The summed E-state index contributed by atoms with van der Waals surface area (Å²) < 4.78 is 0. The summed E-state index contributed by atoms with van der Waals surface area (Å²) in [6, 6.07) is 14.1. The lowest BCUT2D eigenvalue weighted by Crippen LogP contribution is -2.43. The predicted molar refractivity (Wildman–Crippen MR) is 106 cm³/mol. The van der Waals surface area contributed by atoms with E-state index in [-0.39, 0.29) is 30.8 Å².